The molecule has 0 saturated carbocycles. The van der Waals surface area contributed by atoms with Gasteiger partial charge in [-0.15, -0.1) is 10.2 Å². The highest BCUT2D eigenvalue weighted by Gasteiger charge is 2.24. The van der Waals surface area contributed by atoms with Crippen LogP contribution in [0.2, 0.25) is 0 Å². The lowest BCUT2D eigenvalue weighted by atomic mass is 10.1. The van der Waals surface area contributed by atoms with Crippen molar-refractivity contribution >= 4 is 0 Å². The van der Waals surface area contributed by atoms with Gasteiger partial charge in [0.05, 0.1) is 6.04 Å². The van der Waals surface area contributed by atoms with Gasteiger partial charge in [0.1, 0.15) is 5.82 Å². The van der Waals surface area contributed by atoms with Crippen molar-refractivity contribution in [1.29, 1.82) is 0 Å². The molecule has 0 saturated heterocycles. The molecule has 2 aromatic rings. The maximum Gasteiger partial charge on any atom is 0.154 e. The zero-order valence-electron chi connectivity index (χ0n) is 9.09. The van der Waals surface area contributed by atoms with Crippen LogP contribution < -0.4 is 5.32 Å². The van der Waals surface area contributed by atoms with Gasteiger partial charge in [-0.25, -0.2) is 0 Å². The lowest BCUT2D eigenvalue weighted by molar-refractivity contribution is 0.450. The summed E-state index contributed by atoms with van der Waals surface area (Å²) in [5.41, 5.74) is 1.18. The van der Waals surface area contributed by atoms with Crippen LogP contribution in [-0.2, 0) is 6.54 Å². The summed E-state index contributed by atoms with van der Waals surface area (Å²) in [6.07, 6.45) is 3.61. The van der Waals surface area contributed by atoms with E-state index in [1.54, 1.807) is 12.4 Å². The van der Waals surface area contributed by atoms with Gasteiger partial charge in [-0.2, -0.15) is 0 Å². The van der Waals surface area contributed by atoms with E-state index in [9.17, 15) is 0 Å². The first-order valence-corrected chi connectivity index (χ1v) is 5.39. The summed E-state index contributed by atoms with van der Waals surface area (Å²) < 4.78 is 2.17. The van der Waals surface area contributed by atoms with Gasteiger partial charge < -0.3 is 9.88 Å². The SMILES string of the molecule is Cc1nnc2n1CCNC2c1ccncc1. The van der Waals surface area contributed by atoms with Gasteiger partial charge in [-0.3, -0.25) is 4.98 Å². The van der Waals surface area contributed by atoms with Crippen LogP contribution in [0.15, 0.2) is 24.5 Å². The normalized spacial score (nSPS) is 19.4. The standard InChI is InChI=1S/C11H13N5/c1-8-14-15-11-10(13-6-7-16(8)11)9-2-4-12-5-3-9/h2-5,10,13H,6-7H2,1H3. The van der Waals surface area contributed by atoms with Gasteiger partial charge >= 0.3 is 0 Å². The molecule has 0 aromatic carbocycles. The molecule has 1 atom stereocenters. The van der Waals surface area contributed by atoms with Crippen molar-refractivity contribution in [2.45, 2.75) is 19.5 Å². The molecule has 0 spiro atoms. The number of hydrogen-bond acceptors (Lipinski definition) is 4. The molecule has 82 valence electrons. The Balaban J connectivity index is 2.05. The monoisotopic (exact) mass is 215 g/mol. The zero-order valence-corrected chi connectivity index (χ0v) is 9.09. The highest BCUT2D eigenvalue weighted by Crippen LogP contribution is 2.22. The van der Waals surface area contributed by atoms with Crippen molar-refractivity contribution in [3.8, 4) is 0 Å². The van der Waals surface area contributed by atoms with Gasteiger partial charge in [-0.05, 0) is 24.6 Å². The van der Waals surface area contributed by atoms with Crippen LogP contribution in [0.4, 0.5) is 0 Å². The zero-order chi connectivity index (χ0) is 11.0. The van der Waals surface area contributed by atoms with E-state index in [0.717, 1.165) is 24.7 Å². The second-order valence-corrected chi connectivity index (χ2v) is 3.92. The minimum Gasteiger partial charge on any atom is -0.312 e. The number of nitrogens with zero attached hydrogens (tertiary/aromatic N) is 4. The van der Waals surface area contributed by atoms with Gasteiger partial charge in [0.2, 0.25) is 0 Å². The Bertz CT molecular complexity index is 490. The highest BCUT2D eigenvalue weighted by molar-refractivity contribution is 5.23. The number of rotatable bonds is 1. The van der Waals surface area contributed by atoms with Crippen LogP contribution in [0.3, 0.4) is 0 Å². The van der Waals surface area contributed by atoms with E-state index in [4.69, 9.17) is 0 Å². The lowest BCUT2D eigenvalue weighted by Crippen LogP contribution is -2.34. The van der Waals surface area contributed by atoms with Crippen molar-refractivity contribution in [2.24, 2.45) is 0 Å². The lowest BCUT2D eigenvalue weighted by Gasteiger charge is -2.24. The Kier molecular flexibility index (Phi) is 2.18. The second-order valence-electron chi connectivity index (χ2n) is 3.92. The molecule has 1 aliphatic heterocycles. The minimum absolute atomic E-state index is 0.137. The molecule has 0 amide bonds. The largest absolute Gasteiger partial charge is 0.312 e. The molecular formula is C11H13N5. The molecule has 3 rings (SSSR count). The van der Waals surface area contributed by atoms with Gasteiger partial charge in [0, 0.05) is 25.5 Å². The van der Waals surface area contributed by atoms with E-state index in [0.29, 0.717) is 0 Å². The number of hydrogen-bond donors (Lipinski definition) is 1. The van der Waals surface area contributed by atoms with Crippen LogP contribution in [0.25, 0.3) is 0 Å². The summed E-state index contributed by atoms with van der Waals surface area (Å²) in [4.78, 5) is 4.03. The summed E-state index contributed by atoms with van der Waals surface area (Å²) in [6.45, 7) is 3.88. The summed E-state index contributed by atoms with van der Waals surface area (Å²) in [5.74, 6) is 1.98. The fraction of sp³-hybridized carbons (Fsp3) is 0.364. The topological polar surface area (TPSA) is 55.6 Å². The first-order chi connectivity index (χ1) is 7.86. The molecule has 0 bridgehead atoms. The Morgan fingerprint density at radius 2 is 2.12 bits per heavy atom. The smallest absolute Gasteiger partial charge is 0.154 e. The number of pyridine rings is 1. The fourth-order valence-corrected chi connectivity index (χ4v) is 2.12. The summed E-state index contributed by atoms with van der Waals surface area (Å²) >= 11 is 0. The molecule has 0 fully saturated rings. The molecule has 1 aliphatic rings. The maximum absolute atomic E-state index is 4.24. The van der Waals surface area contributed by atoms with Crippen LogP contribution in [-0.4, -0.2) is 26.3 Å². The Morgan fingerprint density at radius 1 is 1.31 bits per heavy atom. The van der Waals surface area contributed by atoms with Gasteiger partial charge in [0.25, 0.3) is 0 Å². The van der Waals surface area contributed by atoms with Gasteiger partial charge in [0.15, 0.2) is 5.82 Å². The van der Waals surface area contributed by atoms with Crippen molar-refractivity contribution in [1.82, 2.24) is 25.1 Å². The first-order valence-electron chi connectivity index (χ1n) is 5.39. The van der Waals surface area contributed by atoms with Gasteiger partial charge in [-0.1, -0.05) is 0 Å². The minimum atomic E-state index is 0.137. The molecule has 0 aliphatic carbocycles. The first kappa shape index (κ1) is 9.47. The van der Waals surface area contributed by atoms with E-state index in [1.165, 1.54) is 5.56 Å². The van der Waals surface area contributed by atoms with E-state index < -0.39 is 0 Å². The molecule has 3 heterocycles. The van der Waals surface area contributed by atoms with E-state index in [2.05, 4.69) is 25.1 Å². The molecule has 1 N–H and O–H groups in total. The highest BCUT2D eigenvalue weighted by atomic mass is 15.3. The van der Waals surface area contributed by atoms with Crippen molar-refractivity contribution < 1.29 is 0 Å². The molecule has 1 unspecified atom stereocenters. The van der Waals surface area contributed by atoms with Crippen LogP contribution in [0.5, 0.6) is 0 Å². The van der Waals surface area contributed by atoms with E-state index in [1.807, 2.05) is 19.1 Å². The Hall–Kier alpha value is -1.75. The predicted molar refractivity (Wildman–Crippen MR) is 58.8 cm³/mol. The van der Waals surface area contributed by atoms with Crippen LogP contribution in [0, 0.1) is 6.92 Å². The van der Waals surface area contributed by atoms with Crippen molar-refractivity contribution in [3.63, 3.8) is 0 Å². The average molecular weight is 215 g/mol. The molecule has 5 heteroatoms. The molecule has 2 aromatic heterocycles. The second kappa shape index (κ2) is 3.68. The number of aryl methyl sites for hydroxylation is 1. The summed E-state index contributed by atoms with van der Waals surface area (Å²) in [5, 5.41) is 11.8. The quantitative estimate of drug-likeness (QED) is 0.759. The predicted octanol–water partition coefficient (Wildman–Crippen LogP) is 0.674. The van der Waals surface area contributed by atoms with Crippen molar-refractivity contribution in [2.75, 3.05) is 6.54 Å². The van der Waals surface area contributed by atoms with E-state index in [-0.39, 0.29) is 6.04 Å². The Labute approximate surface area is 93.5 Å². The molecule has 5 nitrogen and oxygen atoms in total. The van der Waals surface area contributed by atoms with Crippen molar-refractivity contribution in [3.05, 3.63) is 41.7 Å². The average Bonchev–Trinajstić information content (AvgIpc) is 2.73. The van der Waals surface area contributed by atoms with Crippen LogP contribution in [0.1, 0.15) is 23.3 Å². The third kappa shape index (κ3) is 1.40. The Morgan fingerprint density at radius 3 is 2.94 bits per heavy atom. The summed E-state index contributed by atoms with van der Waals surface area (Å²) in [7, 11) is 0. The molecule has 0 radical (unpaired) electrons. The number of nitrogens with one attached hydrogen (secondary N) is 1. The fourth-order valence-electron chi connectivity index (χ4n) is 2.12. The number of fused-ring (bicyclic) bond motifs is 1. The maximum atomic E-state index is 4.24. The third-order valence-corrected chi connectivity index (χ3v) is 2.95. The number of aromatic nitrogens is 4. The van der Waals surface area contributed by atoms with Crippen LogP contribution >= 0.6 is 0 Å². The molecular weight excluding hydrogens is 202 g/mol. The third-order valence-electron chi connectivity index (χ3n) is 2.95. The summed E-state index contributed by atoms with van der Waals surface area (Å²) in [6, 6.07) is 4.16. The molecule has 16 heavy (non-hydrogen) atoms. The van der Waals surface area contributed by atoms with E-state index >= 15 is 0 Å².